The maximum atomic E-state index is 13.2. The molecule has 0 fully saturated rings. The van der Waals surface area contributed by atoms with E-state index in [-0.39, 0.29) is 17.7 Å². The van der Waals surface area contributed by atoms with Gasteiger partial charge in [-0.2, -0.15) is 0 Å². The first-order chi connectivity index (χ1) is 6.13. The normalized spacial score (nSPS) is 10.2. The van der Waals surface area contributed by atoms with Crippen LogP contribution in [0.1, 0.15) is 19.4 Å². The lowest BCUT2D eigenvalue weighted by atomic mass is 10.2. The summed E-state index contributed by atoms with van der Waals surface area (Å²) in [6.07, 6.45) is 2.58. The molecule has 0 N–H and O–H groups in total. The molecule has 69 valence electrons. The molecule has 0 aliphatic heterocycles. The second-order valence-electron chi connectivity index (χ2n) is 2.99. The van der Waals surface area contributed by atoms with Gasteiger partial charge in [0.05, 0.1) is 6.10 Å². The van der Waals surface area contributed by atoms with Crippen molar-refractivity contribution in [3.63, 3.8) is 0 Å². The monoisotopic (exact) mass is 179 g/mol. The predicted molar refractivity (Wildman–Crippen MR) is 50.1 cm³/mol. The highest BCUT2D eigenvalue weighted by molar-refractivity contribution is 5.32. The largest absolute Gasteiger partial charge is 0.488 e. The number of halogens is 1. The molecule has 1 radical (unpaired) electrons. The Morgan fingerprint density at radius 2 is 2.15 bits per heavy atom. The van der Waals surface area contributed by atoms with Crippen molar-refractivity contribution in [1.82, 2.24) is 0 Å². The first-order valence-electron chi connectivity index (χ1n) is 4.13. The van der Waals surface area contributed by atoms with Gasteiger partial charge in [-0.05, 0) is 37.6 Å². The Kier molecular flexibility index (Phi) is 3.07. The third-order valence-corrected chi connectivity index (χ3v) is 1.50. The third-order valence-electron chi connectivity index (χ3n) is 1.50. The average Bonchev–Trinajstić information content (AvgIpc) is 2.08. The van der Waals surface area contributed by atoms with Gasteiger partial charge in [0, 0.05) is 0 Å². The third kappa shape index (κ3) is 2.58. The van der Waals surface area contributed by atoms with E-state index in [1.54, 1.807) is 12.1 Å². The van der Waals surface area contributed by atoms with Crippen molar-refractivity contribution in [1.29, 1.82) is 0 Å². The standard InChI is InChI=1S/C11H12FO/c1-4-9-5-6-11(10(12)7-9)13-8(2)3/h5-8H,1H2,2-3H3. The molecule has 0 aliphatic carbocycles. The maximum Gasteiger partial charge on any atom is 0.165 e. The molecule has 0 aliphatic rings. The second-order valence-corrected chi connectivity index (χ2v) is 2.99. The van der Waals surface area contributed by atoms with Crippen LogP contribution >= 0.6 is 0 Å². The van der Waals surface area contributed by atoms with E-state index in [1.165, 1.54) is 6.07 Å². The van der Waals surface area contributed by atoms with Gasteiger partial charge in [0.15, 0.2) is 11.6 Å². The summed E-state index contributed by atoms with van der Waals surface area (Å²) in [6.45, 7) is 7.14. The molecule has 1 nitrogen and oxygen atoms in total. The maximum absolute atomic E-state index is 13.2. The molecule has 1 rings (SSSR count). The molecule has 0 heterocycles. The van der Waals surface area contributed by atoms with Crippen molar-refractivity contribution < 1.29 is 9.13 Å². The van der Waals surface area contributed by atoms with Crippen LogP contribution in [0.3, 0.4) is 0 Å². The van der Waals surface area contributed by atoms with Crippen LogP contribution in [0.5, 0.6) is 5.75 Å². The summed E-state index contributed by atoms with van der Waals surface area (Å²) in [5.74, 6) is -0.101. The van der Waals surface area contributed by atoms with Crippen molar-refractivity contribution in [2.45, 2.75) is 20.0 Å². The van der Waals surface area contributed by atoms with Crippen molar-refractivity contribution in [2.24, 2.45) is 0 Å². The minimum atomic E-state index is -0.373. The Hall–Kier alpha value is -1.31. The molecule has 1 aromatic rings. The number of benzene rings is 1. The van der Waals surface area contributed by atoms with Gasteiger partial charge in [0.1, 0.15) is 0 Å². The summed E-state index contributed by atoms with van der Waals surface area (Å²) in [5.41, 5.74) is 0.633. The summed E-state index contributed by atoms with van der Waals surface area (Å²) in [4.78, 5) is 0. The number of rotatable bonds is 3. The Balaban J connectivity index is 2.91. The lowest BCUT2D eigenvalue weighted by molar-refractivity contribution is 0.231. The van der Waals surface area contributed by atoms with E-state index in [2.05, 4.69) is 12.7 Å². The Morgan fingerprint density at radius 1 is 1.46 bits per heavy atom. The Bertz CT molecular complexity index is 305. The first kappa shape index (κ1) is 9.78. The zero-order chi connectivity index (χ0) is 9.84. The quantitative estimate of drug-likeness (QED) is 0.693. The van der Waals surface area contributed by atoms with E-state index in [1.807, 2.05) is 13.8 Å². The smallest absolute Gasteiger partial charge is 0.165 e. The number of hydrogen-bond acceptors (Lipinski definition) is 1. The Morgan fingerprint density at radius 3 is 2.62 bits per heavy atom. The molecule has 0 unspecified atom stereocenters. The zero-order valence-electron chi connectivity index (χ0n) is 7.80. The molecule has 0 amide bonds. The summed E-state index contributed by atoms with van der Waals surface area (Å²) in [7, 11) is 0. The number of ether oxygens (including phenoxy) is 1. The molecule has 0 saturated carbocycles. The molecule has 0 aromatic heterocycles. The lowest BCUT2D eigenvalue weighted by Gasteiger charge is -2.10. The summed E-state index contributed by atoms with van der Waals surface area (Å²) < 4.78 is 18.4. The highest BCUT2D eigenvalue weighted by Crippen LogP contribution is 2.19. The summed E-state index contributed by atoms with van der Waals surface area (Å²) in [5, 5.41) is 0. The molecule has 1 aromatic carbocycles. The van der Waals surface area contributed by atoms with Crippen LogP contribution in [0.15, 0.2) is 24.8 Å². The summed E-state index contributed by atoms with van der Waals surface area (Å²) in [6, 6.07) is 4.65. The molecule has 0 saturated heterocycles. The minimum absolute atomic E-state index is 0.0203. The fourth-order valence-corrected chi connectivity index (χ4v) is 0.960. The predicted octanol–water partition coefficient (Wildman–Crippen LogP) is 2.95. The van der Waals surface area contributed by atoms with E-state index in [4.69, 9.17) is 4.74 Å². The van der Waals surface area contributed by atoms with Gasteiger partial charge >= 0.3 is 0 Å². The SMILES string of the molecule is C=[C]c1ccc(OC(C)C)c(F)c1. The second kappa shape index (κ2) is 4.08. The van der Waals surface area contributed by atoms with E-state index >= 15 is 0 Å². The fourth-order valence-electron chi connectivity index (χ4n) is 0.960. The lowest BCUT2D eigenvalue weighted by Crippen LogP contribution is -2.06. The van der Waals surface area contributed by atoms with Crippen molar-refractivity contribution in [3.05, 3.63) is 42.2 Å². The zero-order valence-corrected chi connectivity index (χ0v) is 7.80. The van der Waals surface area contributed by atoms with Crippen LogP contribution in [0, 0.1) is 11.9 Å². The van der Waals surface area contributed by atoms with Crippen LogP contribution in [-0.2, 0) is 0 Å². The van der Waals surface area contributed by atoms with Crippen LogP contribution in [0.25, 0.3) is 0 Å². The van der Waals surface area contributed by atoms with Crippen molar-refractivity contribution in [2.75, 3.05) is 0 Å². The van der Waals surface area contributed by atoms with Gasteiger partial charge in [-0.3, -0.25) is 0 Å². The van der Waals surface area contributed by atoms with E-state index < -0.39 is 0 Å². The molecular formula is C11H12FO. The van der Waals surface area contributed by atoms with E-state index in [9.17, 15) is 4.39 Å². The minimum Gasteiger partial charge on any atom is -0.488 e. The van der Waals surface area contributed by atoms with Gasteiger partial charge < -0.3 is 4.74 Å². The van der Waals surface area contributed by atoms with Gasteiger partial charge in [0.2, 0.25) is 0 Å². The number of hydrogen-bond donors (Lipinski definition) is 0. The molecule has 0 spiro atoms. The summed E-state index contributed by atoms with van der Waals surface area (Å²) >= 11 is 0. The average molecular weight is 179 g/mol. The van der Waals surface area contributed by atoms with Crippen LogP contribution in [0.2, 0.25) is 0 Å². The molecule has 13 heavy (non-hydrogen) atoms. The Labute approximate surface area is 77.8 Å². The van der Waals surface area contributed by atoms with Gasteiger partial charge in [-0.25, -0.2) is 4.39 Å². The van der Waals surface area contributed by atoms with Gasteiger partial charge in [-0.15, -0.1) is 0 Å². The van der Waals surface area contributed by atoms with Crippen molar-refractivity contribution in [3.8, 4) is 5.75 Å². The fraction of sp³-hybridized carbons (Fsp3) is 0.273. The molecular weight excluding hydrogens is 167 g/mol. The topological polar surface area (TPSA) is 9.23 Å². The molecule has 0 atom stereocenters. The molecule has 0 bridgehead atoms. The van der Waals surface area contributed by atoms with Crippen LogP contribution in [-0.4, -0.2) is 6.10 Å². The van der Waals surface area contributed by atoms with Crippen LogP contribution in [0.4, 0.5) is 4.39 Å². The van der Waals surface area contributed by atoms with Gasteiger partial charge in [-0.1, -0.05) is 12.6 Å². The highest BCUT2D eigenvalue weighted by Gasteiger charge is 2.04. The van der Waals surface area contributed by atoms with Crippen molar-refractivity contribution >= 4 is 0 Å². The van der Waals surface area contributed by atoms with Gasteiger partial charge in [0.25, 0.3) is 0 Å². The molecule has 2 heteroatoms. The van der Waals surface area contributed by atoms with Crippen LogP contribution < -0.4 is 4.74 Å². The van der Waals surface area contributed by atoms with E-state index in [0.717, 1.165) is 0 Å². The van der Waals surface area contributed by atoms with E-state index in [0.29, 0.717) is 5.56 Å². The first-order valence-corrected chi connectivity index (χ1v) is 4.13. The highest BCUT2D eigenvalue weighted by atomic mass is 19.1.